The van der Waals surface area contributed by atoms with Crippen LogP contribution in [0.4, 0.5) is 0 Å². The lowest BCUT2D eigenvalue weighted by Gasteiger charge is -2.53. The van der Waals surface area contributed by atoms with Gasteiger partial charge >= 0.3 is 11.9 Å². The lowest BCUT2D eigenvalue weighted by molar-refractivity contribution is -0.164. The van der Waals surface area contributed by atoms with E-state index in [1.165, 1.54) is 0 Å². The smallest absolute Gasteiger partial charge is 0.342 e. The van der Waals surface area contributed by atoms with Crippen LogP contribution in [0.15, 0.2) is 11.1 Å². The van der Waals surface area contributed by atoms with Gasteiger partial charge in [-0.2, -0.15) is 0 Å². The number of hydrogen-bond acceptors (Lipinski definition) is 5. The Hall–Kier alpha value is -1.49. The van der Waals surface area contributed by atoms with Gasteiger partial charge in [0.05, 0.1) is 11.7 Å². The second-order valence-electron chi connectivity index (χ2n) is 9.45. The van der Waals surface area contributed by atoms with Gasteiger partial charge in [0.1, 0.15) is 5.41 Å². The molecule has 0 unspecified atom stereocenters. The number of aliphatic hydroxyl groups excluding tert-OH is 1. The Balaban J connectivity index is 1.93. The number of rotatable bonds is 0. The summed E-state index contributed by atoms with van der Waals surface area (Å²) in [6, 6.07) is 0. The highest BCUT2D eigenvalue weighted by Gasteiger charge is 2.69. The number of hydrogen-bond donors (Lipinski definition) is 1. The van der Waals surface area contributed by atoms with Crippen LogP contribution in [0.2, 0.25) is 0 Å². The van der Waals surface area contributed by atoms with Crippen molar-refractivity contribution in [3.8, 4) is 0 Å². The molecule has 5 atom stereocenters. The van der Waals surface area contributed by atoms with Crippen molar-refractivity contribution in [2.75, 3.05) is 0 Å². The fourth-order valence-electron chi connectivity index (χ4n) is 6.01. The number of cyclic esters (lactones) is 2. The maximum absolute atomic E-state index is 13.0. The van der Waals surface area contributed by atoms with E-state index in [-0.39, 0.29) is 34.2 Å². The molecule has 2 fully saturated rings. The van der Waals surface area contributed by atoms with Crippen LogP contribution in [0.3, 0.4) is 0 Å². The Morgan fingerprint density at radius 2 is 1.76 bits per heavy atom. The molecule has 1 heterocycles. The summed E-state index contributed by atoms with van der Waals surface area (Å²) in [7, 11) is 0. The summed E-state index contributed by atoms with van der Waals surface area (Å²) in [5.41, 5.74) is -1.29. The van der Waals surface area contributed by atoms with E-state index in [1.54, 1.807) is 0 Å². The van der Waals surface area contributed by atoms with Gasteiger partial charge in [0, 0.05) is 17.4 Å². The monoisotopic (exact) mass is 346 g/mol. The molecule has 2 saturated carbocycles. The number of carbonyl (C=O) groups excluding carboxylic acids is 3. The van der Waals surface area contributed by atoms with Crippen molar-refractivity contribution in [1.82, 2.24) is 0 Å². The molecule has 1 N–H and O–H groups in total. The largest absolute Gasteiger partial charge is 0.389 e. The summed E-state index contributed by atoms with van der Waals surface area (Å²) in [5, 5.41) is 11.0. The second kappa shape index (κ2) is 4.81. The van der Waals surface area contributed by atoms with Crippen LogP contribution in [0.5, 0.6) is 0 Å². The molecule has 1 spiro atoms. The zero-order valence-corrected chi connectivity index (χ0v) is 15.3. The molecule has 5 heteroatoms. The average molecular weight is 346 g/mol. The van der Waals surface area contributed by atoms with Crippen LogP contribution in [0.1, 0.15) is 59.8 Å². The van der Waals surface area contributed by atoms with E-state index in [0.717, 1.165) is 19.3 Å². The van der Waals surface area contributed by atoms with Crippen LogP contribution in [0.25, 0.3) is 0 Å². The standard InChI is InChI=1S/C20H26O5/c1-10-9-20(10)15(22)13-11(21)8-12-18(2,3)6-5-7-19(12,4)14(13)16(23)25-17(20)24/h10,12,15,22H,5-9H2,1-4H3/t10-,12-,15+,19-,20-/m0/s1. The van der Waals surface area contributed by atoms with Crippen LogP contribution < -0.4 is 0 Å². The first kappa shape index (κ1) is 17.0. The zero-order valence-electron chi connectivity index (χ0n) is 15.3. The van der Waals surface area contributed by atoms with Gasteiger partial charge in [-0.05, 0) is 36.5 Å². The van der Waals surface area contributed by atoms with Crippen LogP contribution in [-0.4, -0.2) is 28.9 Å². The molecule has 4 aliphatic rings. The van der Waals surface area contributed by atoms with Crippen LogP contribution >= 0.6 is 0 Å². The van der Waals surface area contributed by atoms with E-state index in [0.29, 0.717) is 12.8 Å². The minimum atomic E-state index is -1.23. The minimum Gasteiger partial charge on any atom is -0.389 e. The van der Waals surface area contributed by atoms with Gasteiger partial charge in [-0.15, -0.1) is 0 Å². The van der Waals surface area contributed by atoms with E-state index >= 15 is 0 Å². The van der Waals surface area contributed by atoms with E-state index in [9.17, 15) is 19.5 Å². The van der Waals surface area contributed by atoms with E-state index in [1.807, 2.05) is 13.8 Å². The Morgan fingerprint density at radius 1 is 1.12 bits per heavy atom. The first-order valence-corrected chi connectivity index (χ1v) is 9.28. The highest BCUT2D eigenvalue weighted by Crippen LogP contribution is 2.64. The van der Waals surface area contributed by atoms with Gasteiger partial charge in [0.15, 0.2) is 5.78 Å². The predicted molar refractivity (Wildman–Crippen MR) is 89.2 cm³/mol. The molecule has 0 bridgehead atoms. The third kappa shape index (κ3) is 1.96. The lowest BCUT2D eigenvalue weighted by atomic mass is 9.49. The topological polar surface area (TPSA) is 80.7 Å². The number of carbonyl (C=O) groups is 3. The van der Waals surface area contributed by atoms with E-state index in [4.69, 9.17) is 4.74 Å². The summed E-state index contributed by atoms with van der Waals surface area (Å²) >= 11 is 0. The van der Waals surface area contributed by atoms with Crippen molar-refractivity contribution in [1.29, 1.82) is 0 Å². The molecular weight excluding hydrogens is 320 g/mol. The SMILES string of the molecule is C[C@H]1C[C@]12C(=O)OC(=O)C1=C(C(=O)C[C@H]3C(C)(C)CCC[C@]13C)[C@H]2O. The first-order valence-electron chi connectivity index (χ1n) is 9.28. The number of esters is 2. The fourth-order valence-corrected chi connectivity index (χ4v) is 6.01. The van der Waals surface area contributed by atoms with Gasteiger partial charge in [-0.3, -0.25) is 9.59 Å². The van der Waals surface area contributed by atoms with Crippen LogP contribution in [0, 0.1) is 28.1 Å². The van der Waals surface area contributed by atoms with E-state index in [2.05, 4.69) is 13.8 Å². The number of Topliss-reactive ketones (excluding diaryl/α,β-unsaturated/α-hetero) is 1. The van der Waals surface area contributed by atoms with Crippen molar-refractivity contribution < 1.29 is 24.2 Å². The predicted octanol–water partition coefficient (Wildman–Crippen LogP) is 2.56. The molecule has 0 radical (unpaired) electrons. The highest BCUT2D eigenvalue weighted by molar-refractivity contribution is 6.12. The Labute approximate surface area is 147 Å². The van der Waals surface area contributed by atoms with Gasteiger partial charge in [0.25, 0.3) is 0 Å². The van der Waals surface area contributed by atoms with Gasteiger partial charge < -0.3 is 9.84 Å². The molecule has 4 rings (SSSR count). The molecule has 0 aromatic carbocycles. The zero-order chi connectivity index (χ0) is 18.4. The van der Waals surface area contributed by atoms with Gasteiger partial charge in [-0.25, -0.2) is 4.79 Å². The van der Waals surface area contributed by atoms with Crippen molar-refractivity contribution in [2.24, 2.45) is 28.1 Å². The summed E-state index contributed by atoms with van der Waals surface area (Å²) in [6.45, 7) is 8.14. The normalized spacial score (nSPS) is 45.6. The van der Waals surface area contributed by atoms with Crippen molar-refractivity contribution >= 4 is 17.7 Å². The maximum atomic E-state index is 13.0. The summed E-state index contributed by atoms with van der Waals surface area (Å²) < 4.78 is 5.18. The summed E-state index contributed by atoms with van der Waals surface area (Å²) in [5.74, 6) is -1.65. The third-order valence-electron chi connectivity index (χ3n) is 7.65. The Kier molecular flexibility index (Phi) is 3.26. The summed E-state index contributed by atoms with van der Waals surface area (Å²) in [6.07, 6.45) is 2.27. The lowest BCUT2D eigenvalue weighted by Crippen LogP contribution is -2.50. The molecule has 1 aliphatic heterocycles. The molecule has 3 aliphatic carbocycles. The Bertz CT molecular complexity index is 732. The summed E-state index contributed by atoms with van der Waals surface area (Å²) in [4.78, 5) is 38.4. The number of aliphatic hydroxyl groups is 1. The van der Waals surface area contributed by atoms with Crippen molar-refractivity contribution in [2.45, 2.75) is 65.9 Å². The fraction of sp³-hybridized carbons (Fsp3) is 0.750. The molecule has 0 saturated heterocycles. The molecule has 136 valence electrons. The molecule has 5 nitrogen and oxygen atoms in total. The third-order valence-corrected chi connectivity index (χ3v) is 7.65. The van der Waals surface area contributed by atoms with Gasteiger partial charge in [0.2, 0.25) is 0 Å². The molecular formula is C20H26O5. The molecule has 25 heavy (non-hydrogen) atoms. The number of ketones is 1. The average Bonchev–Trinajstić information content (AvgIpc) is 3.20. The first-order chi connectivity index (χ1) is 11.6. The number of ether oxygens (including phenoxy) is 1. The number of fused-ring (bicyclic) bond motifs is 2. The van der Waals surface area contributed by atoms with Crippen molar-refractivity contribution in [3.63, 3.8) is 0 Å². The second-order valence-corrected chi connectivity index (χ2v) is 9.45. The maximum Gasteiger partial charge on any atom is 0.342 e. The van der Waals surface area contributed by atoms with Crippen molar-refractivity contribution in [3.05, 3.63) is 11.1 Å². The van der Waals surface area contributed by atoms with E-state index < -0.39 is 28.9 Å². The quantitative estimate of drug-likeness (QED) is 0.538. The Morgan fingerprint density at radius 3 is 2.36 bits per heavy atom. The molecule has 0 aromatic rings. The molecule has 0 aromatic heterocycles. The minimum absolute atomic E-state index is 0.0144. The van der Waals surface area contributed by atoms with Crippen LogP contribution in [-0.2, 0) is 19.1 Å². The van der Waals surface area contributed by atoms with Gasteiger partial charge in [-0.1, -0.05) is 34.1 Å². The highest BCUT2D eigenvalue weighted by atomic mass is 16.6. The molecule has 0 amide bonds.